The number of ether oxygens (including phenoxy) is 4. The molecule has 4 nitrogen and oxygen atoms in total. The smallest absolute Gasteiger partial charge is 0.142 e. The highest BCUT2D eigenvalue weighted by atomic mass is 16.6. The van der Waals surface area contributed by atoms with E-state index in [-0.39, 0.29) is 24.3 Å². The van der Waals surface area contributed by atoms with Gasteiger partial charge in [-0.15, -0.1) is 0 Å². The van der Waals surface area contributed by atoms with Crippen molar-refractivity contribution in [1.29, 1.82) is 0 Å². The molecule has 13 heavy (non-hydrogen) atoms. The van der Waals surface area contributed by atoms with E-state index < -0.39 is 0 Å². The van der Waals surface area contributed by atoms with Crippen LogP contribution < -0.4 is 0 Å². The first kappa shape index (κ1) is 11.0. The van der Waals surface area contributed by atoms with E-state index in [0.29, 0.717) is 6.61 Å². The van der Waals surface area contributed by atoms with Gasteiger partial charge in [-0.1, -0.05) is 0 Å². The zero-order valence-electron chi connectivity index (χ0n) is 8.65. The summed E-state index contributed by atoms with van der Waals surface area (Å²) in [5.41, 5.74) is 0. The summed E-state index contributed by atoms with van der Waals surface area (Å²) in [7, 11) is 6.98. The van der Waals surface area contributed by atoms with Crippen molar-refractivity contribution in [3.05, 3.63) is 0 Å². The van der Waals surface area contributed by atoms with Gasteiger partial charge in [0.2, 0.25) is 0 Å². The van der Waals surface area contributed by atoms with Crippen LogP contribution in [0.4, 0.5) is 0 Å². The molecule has 0 aromatic heterocycles. The molecule has 0 aromatic carbocycles. The first-order valence-corrected chi connectivity index (χ1v) is 4.44. The van der Waals surface area contributed by atoms with Gasteiger partial charge in [0.15, 0.2) is 0 Å². The van der Waals surface area contributed by atoms with Crippen LogP contribution in [0.1, 0.15) is 0 Å². The zero-order valence-corrected chi connectivity index (χ0v) is 8.65. The lowest BCUT2D eigenvalue weighted by Gasteiger charge is -2.20. The predicted octanol–water partition coefficient (Wildman–Crippen LogP) is -0.979. The fraction of sp³-hybridized carbons (Fsp3) is 1.00. The van der Waals surface area contributed by atoms with E-state index >= 15 is 0 Å². The van der Waals surface area contributed by atoms with Gasteiger partial charge in [0.25, 0.3) is 0 Å². The second kappa shape index (κ2) is 4.95. The third-order valence-electron chi connectivity index (χ3n) is 2.42. The van der Waals surface area contributed by atoms with E-state index in [1.807, 2.05) is 7.85 Å². The molecular weight excluding hydrogens is 171 g/mol. The maximum Gasteiger partial charge on any atom is 0.142 e. The molecule has 4 atom stereocenters. The minimum atomic E-state index is -0.0278. The molecule has 1 fully saturated rings. The summed E-state index contributed by atoms with van der Waals surface area (Å²) in [6.45, 7) is 0.544. The van der Waals surface area contributed by atoms with Crippen LogP contribution in [0.15, 0.2) is 0 Å². The number of hydrogen-bond acceptors (Lipinski definition) is 4. The van der Waals surface area contributed by atoms with Crippen molar-refractivity contribution in [1.82, 2.24) is 0 Å². The van der Waals surface area contributed by atoms with E-state index in [2.05, 4.69) is 0 Å². The molecule has 0 N–H and O–H groups in total. The molecule has 1 saturated heterocycles. The van der Waals surface area contributed by atoms with Gasteiger partial charge in [-0.05, 0) is 0 Å². The van der Waals surface area contributed by atoms with Crippen molar-refractivity contribution in [3.8, 4) is 0 Å². The maximum absolute atomic E-state index is 5.63. The molecule has 76 valence electrons. The van der Waals surface area contributed by atoms with Crippen LogP contribution in [-0.4, -0.2) is 60.1 Å². The Bertz CT molecular complexity index is 155. The Morgan fingerprint density at radius 2 is 1.77 bits per heavy atom. The first-order valence-electron chi connectivity index (χ1n) is 4.44. The lowest BCUT2D eigenvalue weighted by molar-refractivity contribution is -0.0463. The number of methoxy groups -OCH3 is 3. The van der Waals surface area contributed by atoms with Gasteiger partial charge in [-0.3, -0.25) is 0 Å². The Hall–Kier alpha value is -0.0951. The minimum Gasteiger partial charge on any atom is -0.382 e. The Labute approximate surface area is 79.9 Å². The van der Waals surface area contributed by atoms with Gasteiger partial charge in [-0.25, -0.2) is 0 Å². The largest absolute Gasteiger partial charge is 0.382 e. The molecule has 0 radical (unpaired) electrons. The van der Waals surface area contributed by atoms with Crippen molar-refractivity contribution in [2.24, 2.45) is 0 Å². The number of hydrogen-bond donors (Lipinski definition) is 0. The molecule has 0 bridgehead atoms. The van der Waals surface area contributed by atoms with Crippen molar-refractivity contribution in [3.63, 3.8) is 0 Å². The molecule has 0 amide bonds. The van der Waals surface area contributed by atoms with Gasteiger partial charge in [0.1, 0.15) is 26.2 Å². The van der Waals surface area contributed by atoms with Gasteiger partial charge in [0, 0.05) is 21.3 Å². The summed E-state index contributed by atoms with van der Waals surface area (Å²) in [4.78, 5) is 0. The Morgan fingerprint density at radius 1 is 1.15 bits per heavy atom. The SMILES string of the molecule is B[C@@H]1O[C@H](COC)[C@H](OC)C1OC. The first-order chi connectivity index (χ1) is 6.24. The molecule has 1 unspecified atom stereocenters. The second-order valence-electron chi connectivity index (χ2n) is 3.24. The standard InChI is InChI=1S/C8H17BO4/c1-10-4-5-6(11-2)7(12-3)8(9)13-5/h5-8H,4,9H2,1-3H3/t5-,6+,7?,8-/m1/s1. The van der Waals surface area contributed by atoms with Crippen LogP contribution in [0.3, 0.4) is 0 Å². The molecule has 0 aliphatic carbocycles. The molecular formula is C8H17BO4. The Balaban J connectivity index is 2.57. The average Bonchev–Trinajstić information content (AvgIpc) is 2.41. The summed E-state index contributed by atoms with van der Waals surface area (Å²) in [5.74, 6) is 0. The van der Waals surface area contributed by atoms with Gasteiger partial charge in [-0.2, -0.15) is 0 Å². The Kier molecular flexibility index (Phi) is 4.19. The van der Waals surface area contributed by atoms with E-state index in [0.717, 1.165) is 0 Å². The monoisotopic (exact) mass is 188 g/mol. The van der Waals surface area contributed by atoms with Gasteiger partial charge >= 0.3 is 0 Å². The van der Waals surface area contributed by atoms with Crippen LogP contribution in [0.5, 0.6) is 0 Å². The second-order valence-corrected chi connectivity index (χ2v) is 3.24. The molecule has 0 aromatic rings. The highest BCUT2D eigenvalue weighted by Crippen LogP contribution is 2.24. The molecule has 1 heterocycles. The highest BCUT2D eigenvalue weighted by Gasteiger charge is 2.42. The predicted molar refractivity (Wildman–Crippen MR) is 50.7 cm³/mol. The quantitative estimate of drug-likeness (QED) is 0.531. The topological polar surface area (TPSA) is 36.9 Å². The van der Waals surface area contributed by atoms with Crippen LogP contribution >= 0.6 is 0 Å². The van der Waals surface area contributed by atoms with E-state index in [1.165, 1.54) is 0 Å². The third-order valence-corrected chi connectivity index (χ3v) is 2.42. The van der Waals surface area contributed by atoms with Crippen molar-refractivity contribution in [2.45, 2.75) is 24.3 Å². The van der Waals surface area contributed by atoms with Crippen LogP contribution in [0.25, 0.3) is 0 Å². The normalized spacial score (nSPS) is 39.6. The van der Waals surface area contributed by atoms with Crippen LogP contribution in [0, 0.1) is 0 Å². The minimum absolute atomic E-state index is 0.00477. The van der Waals surface area contributed by atoms with E-state index in [9.17, 15) is 0 Å². The maximum atomic E-state index is 5.63. The lowest BCUT2D eigenvalue weighted by Crippen LogP contribution is -2.37. The van der Waals surface area contributed by atoms with Crippen LogP contribution in [0.2, 0.25) is 0 Å². The molecule has 0 spiro atoms. The van der Waals surface area contributed by atoms with Crippen molar-refractivity contribution >= 4 is 7.85 Å². The summed E-state index contributed by atoms with van der Waals surface area (Å²) in [6.07, 6.45) is -0.0416. The molecule has 0 saturated carbocycles. The van der Waals surface area contributed by atoms with Crippen molar-refractivity contribution < 1.29 is 18.9 Å². The van der Waals surface area contributed by atoms with Crippen LogP contribution in [-0.2, 0) is 18.9 Å². The van der Waals surface area contributed by atoms with Crippen molar-refractivity contribution in [2.75, 3.05) is 27.9 Å². The molecule has 1 aliphatic rings. The third kappa shape index (κ3) is 2.23. The van der Waals surface area contributed by atoms with E-state index in [1.54, 1.807) is 21.3 Å². The molecule has 5 heteroatoms. The van der Waals surface area contributed by atoms with E-state index in [4.69, 9.17) is 18.9 Å². The summed E-state index contributed by atoms with van der Waals surface area (Å²) in [5, 5.41) is 0. The summed E-state index contributed by atoms with van der Waals surface area (Å²) < 4.78 is 21.3. The summed E-state index contributed by atoms with van der Waals surface area (Å²) >= 11 is 0. The lowest BCUT2D eigenvalue weighted by atomic mass is 9.93. The average molecular weight is 188 g/mol. The Morgan fingerprint density at radius 3 is 2.23 bits per heavy atom. The molecule has 1 aliphatic heterocycles. The fourth-order valence-electron chi connectivity index (χ4n) is 1.82. The molecule has 1 rings (SSSR count). The van der Waals surface area contributed by atoms with Gasteiger partial charge in [0.05, 0.1) is 12.6 Å². The highest BCUT2D eigenvalue weighted by molar-refractivity contribution is 6.11. The zero-order chi connectivity index (χ0) is 9.84. The fourth-order valence-corrected chi connectivity index (χ4v) is 1.82. The summed E-state index contributed by atoms with van der Waals surface area (Å²) in [6, 6.07) is 0.0649. The number of rotatable bonds is 4. The van der Waals surface area contributed by atoms with Gasteiger partial charge < -0.3 is 18.9 Å².